The Kier molecular flexibility index (Phi) is 8.40. The van der Waals surface area contributed by atoms with Gasteiger partial charge in [-0.3, -0.25) is 18.3 Å². The van der Waals surface area contributed by atoms with Crippen molar-refractivity contribution in [3.05, 3.63) is 0 Å². The van der Waals surface area contributed by atoms with Gasteiger partial charge in [0.2, 0.25) is 0 Å². The highest BCUT2D eigenvalue weighted by atomic mass is 28.4. The van der Waals surface area contributed by atoms with Gasteiger partial charge in [-0.2, -0.15) is 0 Å². The lowest BCUT2D eigenvalue weighted by molar-refractivity contribution is -0.0869. The quantitative estimate of drug-likeness (QED) is 0.468. The summed E-state index contributed by atoms with van der Waals surface area (Å²) in [4.78, 5) is 0. The molecule has 2 heterocycles. The molecule has 2 saturated heterocycles. The van der Waals surface area contributed by atoms with Gasteiger partial charge in [0, 0.05) is 0 Å². The van der Waals surface area contributed by atoms with Crippen molar-refractivity contribution in [3.8, 4) is 0 Å². The second kappa shape index (κ2) is 9.84. The summed E-state index contributed by atoms with van der Waals surface area (Å²) in [6.45, 7) is 19.4. The molecule has 0 aliphatic carbocycles. The predicted molar refractivity (Wildman–Crippen MR) is 111 cm³/mol. The highest BCUT2D eigenvalue weighted by Crippen LogP contribution is 2.47. The van der Waals surface area contributed by atoms with Gasteiger partial charge in [0.05, 0.1) is 12.3 Å². The molecule has 0 aromatic rings. The molecule has 25 heavy (non-hydrogen) atoms. The molecule has 1 spiro atoms. The van der Waals surface area contributed by atoms with E-state index < -0.39 is 8.72 Å². The summed E-state index contributed by atoms with van der Waals surface area (Å²) in [7, 11) is -1.75. The third-order valence-corrected chi connectivity index (χ3v) is 11.8. The number of nitrogens with zero attached hydrogens (tertiary/aromatic N) is 4. The molecule has 4 nitrogen and oxygen atoms in total. The van der Waals surface area contributed by atoms with Gasteiger partial charge in [-0.05, 0) is 65.7 Å². The summed E-state index contributed by atoms with van der Waals surface area (Å²) < 4.78 is 11.8. The van der Waals surface area contributed by atoms with Crippen LogP contribution >= 0.6 is 0 Å². The molecule has 2 rings (SSSR count). The van der Waals surface area contributed by atoms with E-state index in [2.05, 4.69) is 59.8 Å². The topological polar surface area (TPSA) is 13.0 Å². The van der Waals surface area contributed by atoms with Crippen molar-refractivity contribution in [1.82, 2.24) is 18.3 Å². The van der Waals surface area contributed by atoms with E-state index in [1.165, 1.54) is 77.5 Å². The Hall–Kier alpha value is 0.0569. The van der Waals surface area contributed by atoms with Gasteiger partial charge >= 0.3 is 8.72 Å². The largest absolute Gasteiger partial charge is 0.381 e. The van der Waals surface area contributed by atoms with Crippen LogP contribution in [0, 0.1) is 0 Å². The molecule has 0 N–H and O–H groups in total. The third-order valence-electron chi connectivity index (χ3n) is 6.36. The van der Waals surface area contributed by atoms with E-state index in [1.54, 1.807) is 0 Å². The lowest BCUT2D eigenvalue weighted by Gasteiger charge is -2.78. The van der Waals surface area contributed by atoms with Crippen molar-refractivity contribution in [2.24, 2.45) is 0 Å². The van der Waals surface area contributed by atoms with Gasteiger partial charge < -0.3 is 0 Å². The van der Waals surface area contributed by atoms with Crippen molar-refractivity contribution >= 4 is 8.72 Å². The monoisotopic (exact) mass is 368 g/mol. The molecule has 0 aromatic heterocycles. The van der Waals surface area contributed by atoms with Gasteiger partial charge in [-0.1, -0.05) is 53.4 Å². The van der Waals surface area contributed by atoms with E-state index in [0.29, 0.717) is 12.3 Å². The van der Waals surface area contributed by atoms with E-state index >= 15 is 0 Å². The molecule has 0 unspecified atom stereocenters. The van der Waals surface area contributed by atoms with Crippen molar-refractivity contribution in [2.75, 3.05) is 26.2 Å². The maximum atomic E-state index is 2.94. The highest BCUT2D eigenvalue weighted by Gasteiger charge is 2.74. The Morgan fingerprint density at radius 3 is 0.960 bits per heavy atom. The third kappa shape index (κ3) is 3.72. The second-order valence-electron chi connectivity index (χ2n) is 8.05. The fraction of sp³-hybridized carbons (Fsp3) is 1.00. The molecule has 0 bridgehead atoms. The first kappa shape index (κ1) is 21.4. The van der Waals surface area contributed by atoms with Crippen LogP contribution < -0.4 is 0 Å². The Labute approximate surface area is 158 Å². The normalized spacial score (nSPS) is 31.4. The maximum Gasteiger partial charge on any atom is 0.381 e. The summed E-state index contributed by atoms with van der Waals surface area (Å²) in [6.07, 6.45) is 11.9. The van der Waals surface area contributed by atoms with Gasteiger partial charge in [-0.15, -0.1) is 0 Å². The molecule has 0 aromatic carbocycles. The maximum absolute atomic E-state index is 2.94. The fourth-order valence-corrected chi connectivity index (χ4v) is 10.9. The van der Waals surface area contributed by atoms with Crippen LogP contribution in [0.1, 0.15) is 92.9 Å². The molecule has 2 aliphatic heterocycles. The summed E-state index contributed by atoms with van der Waals surface area (Å²) in [5, 5.41) is 0. The van der Waals surface area contributed by atoms with Gasteiger partial charge in [0.1, 0.15) is 0 Å². The van der Waals surface area contributed by atoms with Gasteiger partial charge in [-0.25, -0.2) is 0 Å². The van der Waals surface area contributed by atoms with Crippen molar-refractivity contribution in [2.45, 2.75) is 105 Å². The number of hydrogen-bond acceptors (Lipinski definition) is 4. The first-order valence-electron chi connectivity index (χ1n) is 11.2. The highest BCUT2D eigenvalue weighted by molar-refractivity contribution is 6.73. The lowest BCUT2D eigenvalue weighted by Crippen LogP contribution is -3.03. The minimum Gasteiger partial charge on any atom is -0.272 e. The zero-order valence-electron chi connectivity index (χ0n) is 17.9. The number of rotatable bonds is 12. The van der Waals surface area contributed by atoms with Crippen LogP contribution in [0.4, 0.5) is 0 Å². The molecular formula is C20H44N4Si. The van der Waals surface area contributed by atoms with Crippen LogP contribution in [0.25, 0.3) is 0 Å². The van der Waals surface area contributed by atoms with E-state index in [9.17, 15) is 0 Å². The van der Waals surface area contributed by atoms with Crippen molar-refractivity contribution < 1.29 is 0 Å². The molecule has 2 aliphatic rings. The second-order valence-corrected chi connectivity index (χ2v) is 11.5. The van der Waals surface area contributed by atoms with E-state index in [0.717, 1.165) is 0 Å². The van der Waals surface area contributed by atoms with Gasteiger partial charge in [0.15, 0.2) is 0 Å². The molecule has 0 saturated carbocycles. The fourth-order valence-electron chi connectivity index (χ4n) is 4.88. The Bertz CT molecular complexity index is 320. The van der Waals surface area contributed by atoms with Crippen LogP contribution in [0.5, 0.6) is 0 Å². The standard InChI is InChI=1S/C20H44N4Si/c1-7-11-15-21-19(5)22(16-12-8-2)25(21)23(17-13-9-3)20(6)24(25)18-14-10-4/h19-20H,7-18H2,1-6H3. The zero-order valence-corrected chi connectivity index (χ0v) is 18.9. The van der Waals surface area contributed by atoms with Crippen LogP contribution in [-0.2, 0) is 0 Å². The van der Waals surface area contributed by atoms with E-state index in [4.69, 9.17) is 0 Å². The Morgan fingerprint density at radius 2 is 0.760 bits per heavy atom. The molecule has 0 atom stereocenters. The Morgan fingerprint density at radius 1 is 0.520 bits per heavy atom. The van der Waals surface area contributed by atoms with Gasteiger partial charge in [0.25, 0.3) is 0 Å². The SMILES string of the molecule is CCCCN1C(C)N(CCCC)[Si]12N(CCCC)C(C)N2CCCC. The average molecular weight is 369 g/mol. The molecular weight excluding hydrogens is 324 g/mol. The zero-order chi connectivity index (χ0) is 18.4. The number of unbranched alkanes of at least 4 members (excludes halogenated alkanes) is 4. The summed E-state index contributed by atoms with van der Waals surface area (Å²) in [5.74, 6) is 0. The molecule has 148 valence electrons. The van der Waals surface area contributed by atoms with Crippen LogP contribution in [0.2, 0.25) is 0 Å². The summed E-state index contributed by atoms with van der Waals surface area (Å²) in [5.41, 5.74) is 0. The van der Waals surface area contributed by atoms with Crippen molar-refractivity contribution in [1.29, 1.82) is 0 Å². The first-order valence-corrected chi connectivity index (χ1v) is 13.0. The molecule has 0 radical (unpaired) electrons. The summed E-state index contributed by atoms with van der Waals surface area (Å²) >= 11 is 0. The van der Waals surface area contributed by atoms with Crippen LogP contribution in [-0.4, -0.2) is 65.5 Å². The predicted octanol–water partition coefficient (Wildman–Crippen LogP) is 4.55. The molecule has 2 fully saturated rings. The minimum absolute atomic E-state index is 0.644. The lowest BCUT2D eigenvalue weighted by atomic mass is 10.3. The number of hydrogen-bond donors (Lipinski definition) is 0. The smallest absolute Gasteiger partial charge is 0.272 e. The minimum atomic E-state index is -1.75. The molecule has 5 heteroatoms. The van der Waals surface area contributed by atoms with E-state index in [-0.39, 0.29) is 0 Å². The van der Waals surface area contributed by atoms with E-state index in [1.807, 2.05) is 0 Å². The first-order chi connectivity index (χ1) is 12.1. The van der Waals surface area contributed by atoms with Crippen LogP contribution in [0.15, 0.2) is 0 Å². The van der Waals surface area contributed by atoms with Crippen molar-refractivity contribution in [3.63, 3.8) is 0 Å². The Balaban J connectivity index is 2.25. The molecule has 0 amide bonds. The average Bonchev–Trinajstić information content (AvgIpc) is 2.61. The summed E-state index contributed by atoms with van der Waals surface area (Å²) in [6, 6.07) is 0. The van der Waals surface area contributed by atoms with Crippen LogP contribution in [0.3, 0.4) is 0 Å².